The van der Waals surface area contributed by atoms with Crippen molar-refractivity contribution in [2.24, 2.45) is 0 Å². The van der Waals surface area contributed by atoms with Crippen LogP contribution in [-0.4, -0.2) is 11.1 Å². The van der Waals surface area contributed by atoms with E-state index in [0.29, 0.717) is 4.90 Å². The standard InChI is InChI=1S/C15H10F5NO2S/c16-12-10(13(17)18)5-8(6-11(12)14(19)20)21-24-9-3-1-2-7(4-9)15(22)23/h1-6,13-14,21H,(H,22,23). The van der Waals surface area contributed by atoms with Gasteiger partial charge < -0.3 is 9.83 Å². The smallest absolute Gasteiger partial charge is 0.335 e. The van der Waals surface area contributed by atoms with Crippen LogP contribution in [0.5, 0.6) is 0 Å². The van der Waals surface area contributed by atoms with E-state index in [9.17, 15) is 26.7 Å². The molecule has 128 valence electrons. The Kier molecular flexibility index (Phi) is 5.66. The zero-order valence-corrected chi connectivity index (χ0v) is 12.6. The number of carboxylic acids is 1. The Balaban J connectivity index is 2.26. The highest BCUT2D eigenvalue weighted by molar-refractivity contribution is 8.00. The van der Waals surface area contributed by atoms with E-state index in [1.165, 1.54) is 24.3 Å². The van der Waals surface area contributed by atoms with Gasteiger partial charge in [0.05, 0.1) is 16.7 Å². The summed E-state index contributed by atoms with van der Waals surface area (Å²) in [5.74, 6) is -2.79. The molecule has 0 aliphatic rings. The number of alkyl halides is 4. The summed E-state index contributed by atoms with van der Waals surface area (Å²) < 4.78 is 67.2. The van der Waals surface area contributed by atoms with E-state index in [-0.39, 0.29) is 11.3 Å². The fourth-order valence-corrected chi connectivity index (χ4v) is 2.54. The Morgan fingerprint density at radius 1 is 1.04 bits per heavy atom. The molecule has 0 atom stereocenters. The van der Waals surface area contributed by atoms with E-state index < -0.39 is 35.8 Å². The molecule has 0 bridgehead atoms. The highest BCUT2D eigenvalue weighted by Crippen LogP contribution is 2.34. The summed E-state index contributed by atoms with van der Waals surface area (Å²) in [6.45, 7) is 0. The number of carbonyl (C=O) groups is 1. The van der Waals surface area contributed by atoms with Crippen molar-refractivity contribution >= 4 is 23.6 Å². The van der Waals surface area contributed by atoms with Gasteiger partial charge in [0.15, 0.2) is 0 Å². The summed E-state index contributed by atoms with van der Waals surface area (Å²) in [7, 11) is 0. The maximum atomic E-state index is 13.6. The molecule has 0 aromatic heterocycles. The van der Waals surface area contributed by atoms with Crippen molar-refractivity contribution in [3.8, 4) is 0 Å². The molecule has 9 heteroatoms. The largest absolute Gasteiger partial charge is 0.478 e. The lowest BCUT2D eigenvalue weighted by atomic mass is 10.1. The quantitative estimate of drug-likeness (QED) is 0.524. The Bertz CT molecular complexity index is 725. The lowest BCUT2D eigenvalue weighted by Gasteiger charge is -2.12. The van der Waals surface area contributed by atoms with E-state index in [2.05, 4.69) is 4.72 Å². The van der Waals surface area contributed by atoms with E-state index >= 15 is 0 Å². The van der Waals surface area contributed by atoms with Gasteiger partial charge in [-0.25, -0.2) is 26.7 Å². The summed E-state index contributed by atoms with van der Waals surface area (Å²) in [4.78, 5) is 11.3. The number of halogens is 5. The van der Waals surface area contributed by atoms with Crippen molar-refractivity contribution < 1.29 is 31.9 Å². The SMILES string of the molecule is O=C(O)c1cccc(SNc2cc(C(F)F)c(F)c(C(F)F)c2)c1. The predicted molar refractivity (Wildman–Crippen MR) is 79.2 cm³/mol. The van der Waals surface area contributed by atoms with Crippen molar-refractivity contribution in [3.63, 3.8) is 0 Å². The normalized spacial score (nSPS) is 11.1. The van der Waals surface area contributed by atoms with Gasteiger partial charge in [0.25, 0.3) is 12.9 Å². The molecule has 3 nitrogen and oxygen atoms in total. The molecule has 0 radical (unpaired) electrons. The average molecular weight is 363 g/mol. The van der Waals surface area contributed by atoms with Crippen molar-refractivity contribution in [2.45, 2.75) is 17.7 Å². The van der Waals surface area contributed by atoms with Gasteiger partial charge in [-0.05, 0) is 42.3 Å². The number of rotatable bonds is 6. The number of benzene rings is 2. The van der Waals surface area contributed by atoms with Crippen LogP contribution in [0.2, 0.25) is 0 Å². The minimum Gasteiger partial charge on any atom is -0.478 e. The highest BCUT2D eigenvalue weighted by Gasteiger charge is 2.23. The molecule has 2 aromatic carbocycles. The lowest BCUT2D eigenvalue weighted by molar-refractivity contribution is 0.0696. The van der Waals surface area contributed by atoms with Gasteiger partial charge in [0.2, 0.25) is 0 Å². The first-order valence-corrected chi connectivity index (χ1v) is 7.27. The fraction of sp³-hybridized carbons (Fsp3) is 0.133. The summed E-state index contributed by atoms with van der Waals surface area (Å²) >= 11 is 0.826. The number of carboxylic acid groups (broad SMARTS) is 1. The number of aromatic carboxylic acids is 1. The molecule has 0 amide bonds. The summed E-state index contributed by atoms with van der Waals surface area (Å²) in [6, 6.07) is 7.14. The predicted octanol–water partition coefficient (Wildman–Crippen LogP) is 5.52. The van der Waals surface area contributed by atoms with Crippen molar-refractivity contribution in [1.82, 2.24) is 0 Å². The van der Waals surface area contributed by atoms with Crippen LogP contribution in [0.1, 0.15) is 34.3 Å². The first kappa shape index (κ1) is 18.1. The van der Waals surface area contributed by atoms with Crippen LogP contribution in [0.15, 0.2) is 41.3 Å². The second-order valence-electron chi connectivity index (χ2n) is 4.61. The molecule has 0 unspecified atom stereocenters. The molecule has 0 saturated heterocycles. The topological polar surface area (TPSA) is 49.3 Å². The molecule has 0 heterocycles. The lowest BCUT2D eigenvalue weighted by Crippen LogP contribution is -2.01. The van der Waals surface area contributed by atoms with E-state index in [1.54, 1.807) is 0 Å². The van der Waals surface area contributed by atoms with Gasteiger partial charge in [-0.15, -0.1) is 0 Å². The zero-order chi connectivity index (χ0) is 17.9. The van der Waals surface area contributed by atoms with Crippen LogP contribution >= 0.6 is 11.9 Å². The van der Waals surface area contributed by atoms with Gasteiger partial charge in [0.1, 0.15) is 5.82 Å². The van der Waals surface area contributed by atoms with E-state index in [1.807, 2.05) is 0 Å². The van der Waals surface area contributed by atoms with Gasteiger partial charge in [-0.2, -0.15) is 0 Å². The van der Waals surface area contributed by atoms with Crippen molar-refractivity contribution in [1.29, 1.82) is 0 Å². The van der Waals surface area contributed by atoms with Crippen LogP contribution in [0.25, 0.3) is 0 Å². The van der Waals surface area contributed by atoms with Crippen molar-refractivity contribution in [2.75, 3.05) is 4.72 Å². The zero-order valence-electron chi connectivity index (χ0n) is 11.8. The minimum absolute atomic E-state index is 0.00226. The monoisotopic (exact) mass is 363 g/mol. The molecule has 2 aromatic rings. The third kappa shape index (κ3) is 4.16. The molecule has 0 aliphatic heterocycles. The Hall–Kier alpha value is -2.29. The van der Waals surface area contributed by atoms with E-state index in [0.717, 1.165) is 24.1 Å². The second kappa shape index (κ2) is 7.52. The van der Waals surface area contributed by atoms with Crippen LogP contribution in [-0.2, 0) is 0 Å². The van der Waals surface area contributed by atoms with Crippen LogP contribution in [0, 0.1) is 5.82 Å². The first-order valence-electron chi connectivity index (χ1n) is 6.45. The number of nitrogens with one attached hydrogen (secondary N) is 1. The summed E-state index contributed by atoms with van der Waals surface area (Å²) in [5, 5.41) is 8.88. The van der Waals surface area contributed by atoms with Crippen LogP contribution in [0.3, 0.4) is 0 Å². The molecule has 2 rings (SSSR count). The molecule has 0 fully saturated rings. The average Bonchev–Trinajstić information content (AvgIpc) is 2.53. The molecular formula is C15H10F5NO2S. The Morgan fingerprint density at radius 2 is 1.62 bits per heavy atom. The maximum Gasteiger partial charge on any atom is 0.335 e. The third-order valence-corrected chi connectivity index (χ3v) is 3.79. The first-order chi connectivity index (χ1) is 11.3. The van der Waals surface area contributed by atoms with Crippen LogP contribution < -0.4 is 4.72 Å². The molecule has 0 aliphatic carbocycles. The van der Waals surface area contributed by atoms with Gasteiger partial charge in [-0.3, -0.25) is 0 Å². The molecule has 0 spiro atoms. The summed E-state index contributed by atoms with van der Waals surface area (Å²) in [6.07, 6.45) is -6.49. The Morgan fingerprint density at radius 3 is 2.12 bits per heavy atom. The van der Waals surface area contributed by atoms with Gasteiger partial charge in [0, 0.05) is 10.6 Å². The van der Waals surface area contributed by atoms with Crippen molar-refractivity contribution in [3.05, 3.63) is 58.9 Å². The second-order valence-corrected chi connectivity index (χ2v) is 5.49. The molecular weight excluding hydrogens is 353 g/mol. The third-order valence-electron chi connectivity index (χ3n) is 2.97. The highest BCUT2D eigenvalue weighted by atomic mass is 32.2. The fourth-order valence-electron chi connectivity index (χ4n) is 1.86. The summed E-state index contributed by atoms with van der Waals surface area (Å²) in [5.41, 5.74) is -2.40. The maximum absolute atomic E-state index is 13.6. The van der Waals surface area contributed by atoms with Crippen LogP contribution in [0.4, 0.5) is 27.6 Å². The molecule has 2 N–H and O–H groups in total. The van der Waals surface area contributed by atoms with Gasteiger partial charge >= 0.3 is 5.97 Å². The van der Waals surface area contributed by atoms with Gasteiger partial charge in [-0.1, -0.05) is 6.07 Å². The molecule has 0 saturated carbocycles. The molecule has 24 heavy (non-hydrogen) atoms. The van der Waals surface area contributed by atoms with E-state index in [4.69, 9.17) is 5.11 Å². The number of anilines is 1. The number of hydrogen-bond donors (Lipinski definition) is 2. The number of hydrogen-bond acceptors (Lipinski definition) is 3. The minimum atomic E-state index is -3.25. The Labute approximate surface area is 137 Å².